The standard InChI is InChI=1S/C12H17N3/c1-3-12(4-6-13)15-9-11-8-14-7-5-10(11)2/h5,7-8,12,15H,3-4,9H2,1-2H3. The molecule has 80 valence electrons. The van der Waals surface area contributed by atoms with Crippen molar-refractivity contribution in [3.05, 3.63) is 29.6 Å². The van der Waals surface area contributed by atoms with Crippen LogP contribution in [0.3, 0.4) is 0 Å². The summed E-state index contributed by atoms with van der Waals surface area (Å²) in [6.07, 6.45) is 5.22. The lowest BCUT2D eigenvalue weighted by molar-refractivity contribution is 0.504. The first-order chi connectivity index (χ1) is 7.27. The van der Waals surface area contributed by atoms with Crippen molar-refractivity contribution in [3.8, 4) is 6.07 Å². The van der Waals surface area contributed by atoms with Crippen LogP contribution in [0.2, 0.25) is 0 Å². The quantitative estimate of drug-likeness (QED) is 0.797. The number of pyridine rings is 1. The normalized spacial score (nSPS) is 12.1. The van der Waals surface area contributed by atoms with Crippen LogP contribution < -0.4 is 5.32 Å². The molecule has 0 saturated carbocycles. The predicted molar refractivity (Wildman–Crippen MR) is 60.1 cm³/mol. The fourth-order valence-electron chi connectivity index (χ4n) is 1.41. The monoisotopic (exact) mass is 203 g/mol. The van der Waals surface area contributed by atoms with E-state index in [2.05, 4.69) is 30.2 Å². The molecule has 0 fully saturated rings. The van der Waals surface area contributed by atoms with Gasteiger partial charge in [0.1, 0.15) is 0 Å². The van der Waals surface area contributed by atoms with Gasteiger partial charge in [-0.15, -0.1) is 0 Å². The minimum atomic E-state index is 0.287. The van der Waals surface area contributed by atoms with Gasteiger partial charge in [-0.05, 0) is 30.5 Å². The maximum absolute atomic E-state index is 8.62. The van der Waals surface area contributed by atoms with Gasteiger partial charge in [0, 0.05) is 25.0 Å². The molecular formula is C12H17N3. The van der Waals surface area contributed by atoms with Crippen LogP contribution in [0.5, 0.6) is 0 Å². The summed E-state index contributed by atoms with van der Waals surface area (Å²) in [4.78, 5) is 4.09. The van der Waals surface area contributed by atoms with Gasteiger partial charge in [0.25, 0.3) is 0 Å². The first kappa shape index (κ1) is 11.7. The van der Waals surface area contributed by atoms with Crippen molar-refractivity contribution < 1.29 is 0 Å². The molecular weight excluding hydrogens is 186 g/mol. The summed E-state index contributed by atoms with van der Waals surface area (Å²) in [6, 6.07) is 4.48. The summed E-state index contributed by atoms with van der Waals surface area (Å²) < 4.78 is 0. The first-order valence-corrected chi connectivity index (χ1v) is 5.27. The summed E-state index contributed by atoms with van der Waals surface area (Å²) in [5.74, 6) is 0. The molecule has 0 aliphatic heterocycles. The van der Waals surface area contributed by atoms with Gasteiger partial charge in [0.05, 0.1) is 12.5 Å². The third-order valence-electron chi connectivity index (χ3n) is 2.56. The van der Waals surface area contributed by atoms with E-state index in [1.807, 2.05) is 12.3 Å². The molecule has 0 aliphatic rings. The lowest BCUT2D eigenvalue weighted by Gasteiger charge is -2.14. The SMILES string of the molecule is CCC(CC#N)NCc1cnccc1C. The molecule has 0 aliphatic carbocycles. The van der Waals surface area contributed by atoms with Crippen molar-refractivity contribution in [2.24, 2.45) is 0 Å². The van der Waals surface area contributed by atoms with Crippen molar-refractivity contribution >= 4 is 0 Å². The maximum atomic E-state index is 8.62. The van der Waals surface area contributed by atoms with Gasteiger partial charge in [-0.3, -0.25) is 4.98 Å². The number of nitrogens with zero attached hydrogens (tertiary/aromatic N) is 2. The molecule has 1 unspecified atom stereocenters. The second kappa shape index (κ2) is 6.15. The Morgan fingerprint density at radius 1 is 1.60 bits per heavy atom. The lowest BCUT2D eigenvalue weighted by Crippen LogP contribution is -2.27. The molecule has 0 amide bonds. The Kier molecular flexibility index (Phi) is 4.79. The molecule has 0 spiro atoms. The Morgan fingerprint density at radius 2 is 2.40 bits per heavy atom. The highest BCUT2D eigenvalue weighted by atomic mass is 14.9. The second-order valence-electron chi connectivity index (χ2n) is 3.65. The third-order valence-corrected chi connectivity index (χ3v) is 2.56. The van der Waals surface area contributed by atoms with Gasteiger partial charge in [-0.2, -0.15) is 5.26 Å². The third kappa shape index (κ3) is 3.69. The molecule has 0 aromatic carbocycles. The van der Waals surface area contributed by atoms with Crippen molar-refractivity contribution in [1.29, 1.82) is 5.26 Å². The first-order valence-electron chi connectivity index (χ1n) is 5.27. The van der Waals surface area contributed by atoms with Gasteiger partial charge in [0.2, 0.25) is 0 Å². The van der Waals surface area contributed by atoms with Crippen LogP contribution in [0.1, 0.15) is 30.9 Å². The number of rotatable bonds is 5. The molecule has 3 heteroatoms. The van der Waals surface area contributed by atoms with E-state index in [-0.39, 0.29) is 6.04 Å². The summed E-state index contributed by atoms with van der Waals surface area (Å²) in [6.45, 7) is 4.95. The van der Waals surface area contributed by atoms with Gasteiger partial charge < -0.3 is 5.32 Å². The van der Waals surface area contributed by atoms with E-state index in [0.717, 1.165) is 13.0 Å². The minimum absolute atomic E-state index is 0.287. The zero-order valence-electron chi connectivity index (χ0n) is 9.33. The molecule has 1 aromatic rings. The van der Waals surface area contributed by atoms with Crippen molar-refractivity contribution in [2.45, 2.75) is 39.3 Å². The molecule has 0 saturated heterocycles. The van der Waals surface area contributed by atoms with E-state index < -0.39 is 0 Å². The highest BCUT2D eigenvalue weighted by Gasteiger charge is 2.05. The van der Waals surface area contributed by atoms with E-state index in [4.69, 9.17) is 5.26 Å². The molecule has 1 rings (SSSR count). The largest absolute Gasteiger partial charge is 0.309 e. The molecule has 3 nitrogen and oxygen atoms in total. The van der Waals surface area contributed by atoms with Crippen LogP contribution in [-0.2, 0) is 6.54 Å². The van der Waals surface area contributed by atoms with E-state index in [1.54, 1.807) is 6.20 Å². The van der Waals surface area contributed by atoms with Crippen LogP contribution in [0.4, 0.5) is 0 Å². The predicted octanol–water partition coefficient (Wildman–Crippen LogP) is 2.17. The van der Waals surface area contributed by atoms with Gasteiger partial charge in [0.15, 0.2) is 0 Å². The summed E-state index contributed by atoms with van der Waals surface area (Å²) in [5, 5.41) is 12.0. The molecule has 1 N–H and O–H groups in total. The number of hydrogen-bond donors (Lipinski definition) is 1. The molecule has 1 atom stereocenters. The minimum Gasteiger partial charge on any atom is -0.309 e. The Bertz CT molecular complexity index is 341. The van der Waals surface area contributed by atoms with E-state index in [9.17, 15) is 0 Å². The fraction of sp³-hybridized carbons (Fsp3) is 0.500. The van der Waals surface area contributed by atoms with E-state index in [0.29, 0.717) is 6.42 Å². The maximum Gasteiger partial charge on any atom is 0.0638 e. The molecule has 1 aromatic heterocycles. The Hall–Kier alpha value is -1.40. The lowest BCUT2D eigenvalue weighted by atomic mass is 10.1. The average Bonchev–Trinajstić information content (AvgIpc) is 2.26. The van der Waals surface area contributed by atoms with Crippen LogP contribution in [0, 0.1) is 18.3 Å². The zero-order chi connectivity index (χ0) is 11.1. The van der Waals surface area contributed by atoms with Gasteiger partial charge in [-0.1, -0.05) is 6.92 Å². The highest BCUT2D eigenvalue weighted by molar-refractivity contribution is 5.21. The van der Waals surface area contributed by atoms with Gasteiger partial charge >= 0.3 is 0 Å². The molecule has 1 heterocycles. The second-order valence-corrected chi connectivity index (χ2v) is 3.65. The zero-order valence-corrected chi connectivity index (χ0v) is 9.33. The van der Waals surface area contributed by atoms with Crippen molar-refractivity contribution in [3.63, 3.8) is 0 Å². The fourth-order valence-corrected chi connectivity index (χ4v) is 1.41. The van der Waals surface area contributed by atoms with Crippen LogP contribution in [0.15, 0.2) is 18.5 Å². The van der Waals surface area contributed by atoms with E-state index in [1.165, 1.54) is 11.1 Å². The number of aromatic nitrogens is 1. The van der Waals surface area contributed by atoms with Crippen LogP contribution >= 0.6 is 0 Å². The van der Waals surface area contributed by atoms with E-state index >= 15 is 0 Å². The molecule has 15 heavy (non-hydrogen) atoms. The summed E-state index contributed by atoms with van der Waals surface area (Å²) in [5.41, 5.74) is 2.44. The average molecular weight is 203 g/mol. The number of nitriles is 1. The Morgan fingerprint density at radius 3 is 3.00 bits per heavy atom. The Balaban J connectivity index is 2.49. The van der Waals surface area contributed by atoms with Crippen LogP contribution in [0.25, 0.3) is 0 Å². The summed E-state index contributed by atoms with van der Waals surface area (Å²) >= 11 is 0. The molecule has 0 radical (unpaired) electrons. The number of nitrogens with one attached hydrogen (secondary N) is 1. The topological polar surface area (TPSA) is 48.7 Å². The smallest absolute Gasteiger partial charge is 0.0638 e. The molecule has 0 bridgehead atoms. The number of aryl methyl sites for hydroxylation is 1. The Labute approximate surface area is 91.1 Å². The van der Waals surface area contributed by atoms with Crippen molar-refractivity contribution in [2.75, 3.05) is 0 Å². The van der Waals surface area contributed by atoms with Crippen molar-refractivity contribution in [1.82, 2.24) is 10.3 Å². The van der Waals surface area contributed by atoms with Gasteiger partial charge in [-0.25, -0.2) is 0 Å². The van der Waals surface area contributed by atoms with Crippen LogP contribution in [-0.4, -0.2) is 11.0 Å². The highest BCUT2D eigenvalue weighted by Crippen LogP contribution is 2.06. The summed E-state index contributed by atoms with van der Waals surface area (Å²) in [7, 11) is 0. The number of hydrogen-bond acceptors (Lipinski definition) is 3.